The van der Waals surface area contributed by atoms with Gasteiger partial charge in [0.05, 0.1) is 7.11 Å². The highest BCUT2D eigenvalue weighted by Gasteiger charge is 2.24. The van der Waals surface area contributed by atoms with Gasteiger partial charge < -0.3 is 15.8 Å². The average Bonchev–Trinajstić information content (AvgIpc) is 2.99. The molecule has 1 aliphatic carbocycles. The first-order valence-electron chi connectivity index (χ1n) is 4.88. The number of ether oxygens (including phenoxy) is 1. The lowest BCUT2D eigenvalue weighted by molar-refractivity contribution is 0.0603. The van der Waals surface area contributed by atoms with Gasteiger partial charge in [0.15, 0.2) is 5.82 Å². The maximum absolute atomic E-state index is 11.4. The van der Waals surface area contributed by atoms with Crippen molar-refractivity contribution in [2.75, 3.05) is 24.7 Å². The predicted octanol–water partition coefficient (Wildman–Crippen LogP) is 0.600. The minimum Gasteiger partial charge on any atom is -0.465 e. The normalized spacial score (nSPS) is 15.0. The molecular formula is C9H14N4O2. The zero-order chi connectivity index (χ0) is 10.8. The lowest BCUT2D eigenvalue weighted by atomic mass is 10.3. The Labute approximate surface area is 87.2 Å². The highest BCUT2D eigenvalue weighted by atomic mass is 16.5. The van der Waals surface area contributed by atoms with Crippen molar-refractivity contribution in [3.63, 3.8) is 0 Å². The number of rotatable bonds is 4. The standard InChI is InChI=1S/C9H14N4O2/c1-15-9(14)6-7(10)12-13-8(6)11-4-5-2-3-5/h5H,2-4H2,1H3,(H4,10,11,12,13). The second-order valence-corrected chi connectivity index (χ2v) is 3.68. The summed E-state index contributed by atoms with van der Waals surface area (Å²) in [5.74, 6) is 0.944. The van der Waals surface area contributed by atoms with E-state index in [4.69, 9.17) is 5.73 Å². The number of anilines is 2. The van der Waals surface area contributed by atoms with Crippen LogP contribution in [0.2, 0.25) is 0 Å². The van der Waals surface area contributed by atoms with E-state index in [2.05, 4.69) is 20.3 Å². The molecular weight excluding hydrogens is 196 g/mol. The van der Waals surface area contributed by atoms with Gasteiger partial charge in [-0.05, 0) is 18.8 Å². The van der Waals surface area contributed by atoms with Crippen LogP contribution in [0.5, 0.6) is 0 Å². The number of nitrogens with one attached hydrogen (secondary N) is 2. The Morgan fingerprint density at radius 2 is 2.47 bits per heavy atom. The summed E-state index contributed by atoms with van der Waals surface area (Å²) in [4.78, 5) is 11.4. The number of carbonyl (C=O) groups excluding carboxylic acids is 1. The number of esters is 1. The molecule has 0 unspecified atom stereocenters. The van der Waals surface area contributed by atoms with Crippen molar-refractivity contribution in [3.8, 4) is 0 Å². The van der Waals surface area contributed by atoms with Crippen molar-refractivity contribution in [1.82, 2.24) is 10.2 Å². The summed E-state index contributed by atoms with van der Waals surface area (Å²) in [6, 6.07) is 0. The van der Waals surface area contributed by atoms with Gasteiger partial charge >= 0.3 is 5.97 Å². The molecule has 0 atom stereocenters. The summed E-state index contributed by atoms with van der Waals surface area (Å²) in [5, 5.41) is 9.57. The first-order chi connectivity index (χ1) is 7.22. The number of carbonyl (C=O) groups is 1. The molecule has 0 amide bonds. The van der Waals surface area contributed by atoms with E-state index in [9.17, 15) is 4.79 Å². The number of hydrogen-bond acceptors (Lipinski definition) is 5. The van der Waals surface area contributed by atoms with Gasteiger partial charge in [0, 0.05) is 6.54 Å². The number of hydrogen-bond donors (Lipinski definition) is 3. The van der Waals surface area contributed by atoms with E-state index in [1.807, 2.05) is 0 Å². The molecule has 6 nitrogen and oxygen atoms in total. The molecule has 1 fully saturated rings. The van der Waals surface area contributed by atoms with E-state index in [-0.39, 0.29) is 11.4 Å². The van der Waals surface area contributed by atoms with Crippen LogP contribution in [-0.2, 0) is 4.74 Å². The fourth-order valence-corrected chi connectivity index (χ4v) is 1.36. The zero-order valence-corrected chi connectivity index (χ0v) is 8.54. The molecule has 0 bridgehead atoms. The Morgan fingerprint density at radius 3 is 3.07 bits per heavy atom. The molecule has 2 rings (SSSR count). The topological polar surface area (TPSA) is 93.0 Å². The molecule has 1 aliphatic rings. The maximum atomic E-state index is 11.4. The largest absolute Gasteiger partial charge is 0.465 e. The molecule has 1 aromatic rings. The van der Waals surface area contributed by atoms with Gasteiger partial charge in [-0.3, -0.25) is 5.10 Å². The molecule has 15 heavy (non-hydrogen) atoms. The van der Waals surface area contributed by atoms with Crippen LogP contribution < -0.4 is 11.1 Å². The van der Waals surface area contributed by atoms with Crippen LogP contribution in [0.15, 0.2) is 0 Å². The van der Waals surface area contributed by atoms with E-state index < -0.39 is 5.97 Å². The number of aromatic amines is 1. The molecule has 0 aromatic carbocycles. The second kappa shape index (κ2) is 3.80. The van der Waals surface area contributed by atoms with Crippen LogP contribution in [0.25, 0.3) is 0 Å². The lowest BCUT2D eigenvalue weighted by Gasteiger charge is -2.03. The van der Waals surface area contributed by atoms with Crippen molar-refractivity contribution >= 4 is 17.6 Å². The molecule has 4 N–H and O–H groups in total. The minimum absolute atomic E-state index is 0.236. The molecule has 82 valence electrons. The molecule has 0 saturated heterocycles. The molecule has 6 heteroatoms. The monoisotopic (exact) mass is 210 g/mol. The van der Waals surface area contributed by atoms with Crippen LogP contribution in [0, 0.1) is 5.92 Å². The molecule has 0 radical (unpaired) electrons. The van der Waals surface area contributed by atoms with Crippen LogP contribution in [-0.4, -0.2) is 29.8 Å². The predicted molar refractivity (Wildman–Crippen MR) is 55.6 cm³/mol. The number of nitrogens with zero attached hydrogens (tertiary/aromatic N) is 1. The summed E-state index contributed by atoms with van der Waals surface area (Å²) >= 11 is 0. The summed E-state index contributed by atoms with van der Waals surface area (Å²) in [6.45, 7) is 0.828. The third kappa shape index (κ3) is 2.03. The summed E-state index contributed by atoms with van der Waals surface area (Å²) in [5.41, 5.74) is 5.87. The number of nitrogen functional groups attached to an aromatic ring is 1. The van der Waals surface area contributed by atoms with Crippen LogP contribution in [0.4, 0.5) is 11.6 Å². The van der Waals surface area contributed by atoms with Crippen LogP contribution >= 0.6 is 0 Å². The lowest BCUT2D eigenvalue weighted by Crippen LogP contribution is -2.10. The molecule has 0 spiro atoms. The van der Waals surface area contributed by atoms with Crippen LogP contribution in [0.1, 0.15) is 23.2 Å². The molecule has 1 heterocycles. The van der Waals surface area contributed by atoms with Crippen molar-refractivity contribution in [2.24, 2.45) is 5.92 Å². The fraction of sp³-hybridized carbons (Fsp3) is 0.556. The average molecular weight is 210 g/mol. The van der Waals surface area contributed by atoms with Gasteiger partial charge in [0.25, 0.3) is 0 Å². The van der Waals surface area contributed by atoms with E-state index in [1.54, 1.807) is 0 Å². The number of aromatic nitrogens is 2. The fourth-order valence-electron chi connectivity index (χ4n) is 1.36. The van der Waals surface area contributed by atoms with Gasteiger partial charge in [-0.25, -0.2) is 4.79 Å². The highest BCUT2D eigenvalue weighted by molar-refractivity contribution is 5.99. The first kappa shape index (κ1) is 9.82. The van der Waals surface area contributed by atoms with E-state index in [0.717, 1.165) is 6.54 Å². The van der Waals surface area contributed by atoms with E-state index in [1.165, 1.54) is 20.0 Å². The SMILES string of the molecule is COC(=O)c1c(NCC2CC2)n[nH]c1N. The van der Waals surface area contributed by atoms with Gasteiger partial charge in [-0.1, -0.05) is 0 Å². The van der Waals surface area contributed by atoms with Gasteiger partial charge in [0.1, 0.15) is 11.4 Å². The second-order valence-electron chi connectivity index (χ2n) is 3.68. The Bertz CT molecular complexity index is 370. The van der Waals surface area contributed by atoms with Gasteiger partial charge in [-0.2, -0.15) is 5.10 Å². The van der Waals surface area contributed by atoms with Gasteiger partial charge in [-0.15, -0.1) is 0 Å². The van der Waals surface area contributed by atoms with Crippen LogP contribution in [0.3, 0.4) is 0 Å². The zero-order valence-electron chi connectivity index (χ0n) is 8.54. The van der Waals surface area contributed by atoms with Gasteiger partial charge in [0.2, 0.25) is 0 Å². The summed E-state index contributed by atoms with van der Waals surface area (Å²) in [6.07, 6.45) is 2.47. The molecule has 1 aromatic heterocycles. The molecule has 0 aliphatic heterocycles. The first-order valence-corrected chi connectivity index (χ1v) is 4.88. The highest BCUT2D eigenvalue weighted by Crippen LogP contribution is 2.29. The quantitative estimate of drug-likeness (QED) is 0.633. The van der Waals surface area contributed by atoms with Crippen molar-refractivity contribution in [1.29, 1.82) is 0 Å². The summed E-state index contributed by atoms with van der Waals surface area (Å²) in [7, 11) is 1.32. The van der Waals surface area contributed by atoms with Crippen molar-refractivity contribution in [2.45, 2.75) is 12.8 Å². The van der Waals surface area contributed by atoms with Crippen molar-refractivity contribution in [3.05, 3.63) is 5.56 Å². The number of methoxy groups -OCH3 is 1. The van der Waals surface area contributed by atoms with E-state index in [0.29, 0.717) is 11.7 Å². The maximum Gasteiger partial charge on any atom is 0.345 e. The van der Waals surface area contributed by atoms with E-state index >= 15 is 0 Å². The Balaban J connectivity index is 2.10. The smallest absolute Gasteiger partial charge is 0.345 e. The Morgan fingerprint density at radius 1 is 1.73 bits per heavy atom. The number of nitrogens with two attached hydrogens (primary N) is 1. The third-order valence-electron chi connectivity index (χ3n) is 2.44. The Hall–Kier alpha value is -1.72. The number of H-pyrrole nitrogens is 1. The third-order valence-corrected chi connectivity index (χ3v) is 2.44. The minimum atomic E-state index is -0.473. The van der Waals surface area contributed by atoms with Crippen molar-refractivity contribution < 1.29 is 9.53 Å². The molecule has 1 saturated carbocycles. The Kier molecular flexibility index (Phi) is 2.49. The summed E-state index contributed by atoms with van der Waals surface area (Å²) < 4.78 is 4.62.